The molecule has 1 unspecified atom stereocenters. The van der Waals surface area contributed by atoms with Crippen LogP contribution in [0.4, 0.5) is 0 Å². The lowest BCUT2D eigenvalue weighted by Gasteiger charge is -2.17. The average molecular weight is 287 g/mol. The second-order valence-electron chi connectivity index (χ2n) is 5.20. The summed E-state index contributed by atoms with van der Waals surface area (Å²) in [5, 5.41) is 8.75. The third-order valence-corrected chi connectivity index (χ3v) is 3.70. The van der Waals surface area contributed by atoms with E-state index in [1.807, 2.05) is 30.0 Å². The van der Waals surface area contributed by atoms with Crippen molar-refractivity contribution in [3.8, 4) is 11.8 Å². The van der Waals surface area contributed by atoms with Crippen LogP contribution in [0.5, 0.6) is 0 Å². The van der Waals surface area contributed by atoms with E-state index < -0.39 is 0 Å². The van der Waals surface area contributed by atoms with Crippen LogP contribution >= 0.6 is 0 Å². The topological polar surface area (TPSA) is 49.8 Å². The number of nitrogens with zero attached hydrogens (tertiary/aromatic N) is 1. The first-order chi connectivity index (χ1) is 10.2. The summed E-state index contributed by atoms with van der Waals surface area (Å²) >= 11 is 0. The molecule has 0 spiro atoms. The summed E-state index contributed by atoms with van der Waals surface area (Å²) in [4.78, 5) is 14.4. The molecule has 1 aromatic rings. The Labute approximate surface area is 125 Å². The lowest BCUT2D eigenvalue weighted by molar-refractivity contribution is 0.0723. The zero-order valence-corrected chi connectivity index (χ0v) is 12.6. The number of aliphatic hydroxyl groups is 1. The predicted molar refractivity (Wildman–Crippen MR) is 81.1 cm³/mol. The van der Waals surface area contributed by atoms with Gasteiger partial charge in [-0.15, -0.1) is 0 Å². The fourth-order valence-corrected chi connectivity index (χ4v) is 2.43. The molecule has 4 nitrogen and oxygen atoms in total. The zero-order valence-electron chi connectivity index (χ0n) is 12.6. The summed E-state index contributed by atoms with van der Waals surface area (Å²) < 4.78 is 5.31. The van der Waals surface area contributed by atoms with Crippen molar-refractivity contribution in [1.82, 2.24) is 4.90 Å². The van der Waals surface area contributed by atoms with Gasteiger partial charge in [-0.25, -0.2) is 0 Å². The standard InChI is InChI=1S/C17H21NO3/c1-13-6-7-14(5-3-4-10-19)11-16(13)17(20)18-9-8-15(12-18)21-2/h6-7,11,15,19H,4,8-10,12H2,1-2H3. The number of benzene rings is 1. The Morgan fingerprint density at radius 2 is 2.33 bits per heavy atom. The molecular weight excluding hydrogens is 266 g/mol. The maximum atomic E-state index is 12.6. The molecule has 1 aliphatic rings. The Morgan fingerprint density at radius 1 is 1.52 bits per heavy atom. The van der Waals surface area contributed by atoms with E-state index in [2.05, 4.69) is 11.8 Å². The van der Waals surface area contributed by atoms with E-state index in [1.165, 1.54) is 0 Å². The fourth-order valence-electron chi connectivity index (χ4n) is 2.43. The Bertz CT molecular complexity index is 571. The number of likely N-dealkylation sites (tertiary alicyclic amines) is 1. The molecule has 1 aliphatic heterocycles. The summed E-state index contributed by atoms with van der Waals surface area (Å²) in [5.74, 6) is 5.89. The van der Waals surface area contributed by atoms with Gasteiger partial charge in [0.1, 0.15) is 0 Å². The maximum Gasteiger partial charge on any atom is 0.254 e. The second kappa shape index (κ2) is 7.26. The van der Waals surface area contributed by atoms with Crippen LogP contribution in [0.3, 0.4) is 0 Å². The number of amides is 1. The third kappa shape index (κ3) is 3.84. The van der Waals surface area contributed by atoms with Crippen molar-refractivity contribution >= 4 is 5.91 Å². The Kier molecular flexibility index (Phi) is 5.38. The minimum atomic E-state index is 0.0397. The van der Waals surface area contributed by atoms with Crippen molar-refractivity contribution in [3.63, 3.8) is 0 Å². The minimum Gasteiger partial charge on any atom is -0.395 e. The van der Waals surface area contributed by atoms with Gasteiger partial charge in [-0.1, -0.05) is 17.9 Å². The van der Waals surface area contributed by atoms with Crippen molar-refractivity contribution in [2.75, 3.05) is 26.8 Å². The Morgan fingerprint density at radius 3 is 3.00 bits per heavy atom. The zero-order chi connectivity index (χ0) is 15.2. The first-order valence-electron chi connectivity index (χ1n) is 7.18. The first-order valence-corrected chi connectivity index (χ1v) is 7.18. The number of hydrogen-bond acceptors (Lipinski definition) is 3. The van der Waals surface area contributed by atoms with Crippen LogP contribution in [0.25, 0.3) is 0 Å². The molecule has 1 N–H and O–H groups in total. The quantitative estimate of drug-likeness (QED) is 0.859. The van der Waals surface area contributed by atoms with Crippen LogP contribution in [-0.4, -0.2) is 48.8 Å². The number of methoxy groups -OCH3 is 1. The SMILES string of the molecule is COC1CCN(C(=O)c2cc(C#CCCO)ccc2C)C1. The van der Waals surface area contributed by atoms with Crippen molar-refractivity contribution < 1.29 is 14.6 Å². The summed E-state index contributed by atoms with van der Waals surface area (Å²) in [6.45, 7) is 3.37. The van der Waals surface area contributed by atoms with E-state index in [0.29, 0.717) is 18.5 Å². The average Bonchev–Trinajstić information content (AvgIpc) is 2.97. The molecular formula is C17H21NO3. The number of rotatable bonds is 3. The second-order valence-corrected chi connectivity index (χ2v) is 5.20. The molecule has 1 atom stereocenters. The van der Waals surface area contributed by atoms with Crippen molar-refractivity contribution in [3.05, 3.63) is 34.9 Å². The van der Waals surface area contributed by atoms with E-state index in [4.69, 9.17) is 9.84 Å². The van der Waals surface area contributed by atoms with Crippen LogP contribution in [0.1, 0.15) is 34.3 Å². The van der Waals surface area contributed by atoms with Gasteiger partial charge in [0.25, 0.3) is 5.91 Å². The highest BCUT2D eigenvalue weighted by Crippen LogP contribution is 2.18. The molecule has 1 fully saturated rings. The smallest absolute Gasteiger partial charge is 0.254 e. The van der Waals surface area contributed by atoms with Gasteiger partial charge in [0, 0.05) is 37.7 Å². The van der Waals surface area contributed by atoms with Crippen LogP contribution in [-0.2, 0) is 4.74 Å². The molecule has 0 bridgehead atoms. The van der Waals surface area contributed by atoms with Gasteiger partial charge >= 0.3 is 0 Å². The van der Waals surface area contributed by atoms with E-state index >= 15 is 0 Å². The molecule has 0 saturated carbocycles. The number of carbonyl (C=O) groups is 1. The normalized spacial score (nSPS) is 17.5. The van der Waals surface area contributed by atoms with E-state index in [0.717, 1.165) is 24.1 Å². The van der Waals surface area contributed by atoms with E-state index in [1.54, 1.807) is 7.11 Å². The fraction of sp³-hybridized carbons (Fsp3) is 0.471. The Hall–Kier alpha value is -1.83. The Balaban J connectivity index is 2.17. The number of aryl methyl sites for hydroxylation is 1. The van der Waals surface area contributed by atoms with Crippen molar-refractivity contribution in [2.45, 2.75) is 25.9 Å². The molecule has 1 heterocycles. The van der Waals surface area contributed by atoms with Gasteiger partial charge in [-0.3, -0.25) is 4.79 Å². The highest BCUT2D eigenvalue weighted by molar-refractivity contribution is 5.96. The highest BCUT2D eigenvalue weighted by Gasteiger charge is 2.27. The van der Waals surface area contributed by atoms with Gasteiger partial charge in [-0.2, -0.15) is 0 Å². The number of hydrogen-bond donors (Lipinski definition) is 1. The van der Waals surface area contributed by atoms with E-state index in [9.17, 15) is 4.79 Å². The molecule has 1 amide bonds. The van der Waals surface area contributed by atoms with Gasteiger partial charge < -0.3 is 14.7 Å². The molecule has 21 heavy (non-hydrogen) atoms. The molecule has 112 valence electrons. The third-order valence-electron chi connectivity index (χ3n) is 3.70. The maximum absolute atomic E-state index is 12.6. The molecule has 4 heteroatoms. The van der Waals surface area contributed by atoms with Crippen LogP contribution < -0.4 is 0 Å². The van der Waals surface area contributed by atoms with E-state index in [-0.39, 0.29) is 18.6 Å². The first kappa shape index (κ1) is 15.6. The van der Waals surface area contributed by atoms with Crippen molar-refractivity contribution in [2.24, 2.45) is 0 Å². The van der Waals surface area contributed by atoms with Gasteiger partial charge in [0.05, 0.1) is 12.7 Å². The van der Waals surface area contributed by atoms with Gasteiger partial charge in [-0.05, 0) is 31.0 Å². The van der Waals surface area contributed by atoms with Crippen LogP contribution in [0.15, 0.2) is 18.2 Å². The van der Waals surface area contributed by atoms with Gasteiger partial charge in [0.15, 0.2) is 0 Å². The van der Waals surface area contributed by atoms with Crippen molar-refractivity contribution in [1.29, 1.82) is 0 Å². The van der Waals surface area contributed by atoms with Crippen LogP contribution in [0, 0.1) is 18.8 Å². The summed E-state index contributed by atoms with van der Waals surface area (Å²) in [5.41, 5.74) is 2.45. The molecule has 2 rings (SSSR count). The lowest BCUT2D eigenvalue weighted by atomic mass is 10.0. The largest absolute Gasteiger partial charge is 0.395 e. The highest BCUT2D eigenvalue weighted by atomic mass is 16.5. The lowest BCUT2D eigenvalue weighted by Crippen LogP contribution is -2.30. The number of ether oxygens (including phenoxy) is 1. The number of carbonyl (C=O) groups excluding carboxylic acids is 1. The summed E-state index contributed by atoms with van der Waals surface area (Å²) in [6.07, 6.45) is 1.47. The number of aliphatic hydroxyl groups excluding tert-OH is 1. The molecule has 0 radical (unpaired) electrons. The molecule has 0 aliphatic carbocycles. The summed E-state index contributed by atoms with van der Waals surface area (Å²) in [7, 11) is 1.68. The molecule has 1 saturated heterocycles. The predicted octanol–water partition coefficient (Wildman–Crippen LogP) is 1.59. The monoisotopic (exact) mass is 287 g/mol. The molecule has 1 aromatic carbocycles. The minimum absolute atomic E-state index is 0.0397. The van der Waals surface area contributed by atoms with Gasteiger partial charge in [0.2, 0.25) is 0 Å². The summed E-state index contributed by atoms with van der Waals surface area (Å²) in [6, 6.07) is 5.65. The van der Waals surface area contributed by atoms with Crippen LogP contribution in [0.2, 0.25) is 0 Å². The molecule has 0 aromatic heterocycles.